The van der Waals surface area contributed by atoms with Crippen molar-refractivity contribution in [2.45, 2.75) is 39.2 Å². The average Bonchev–Trinajstić information content (AvgIpc) is 2.51. The first-order chi connectivity index (χ1) is 10.7. The molecule has 0 radical (unpaired) electrons. The van der Waals surface area contributed by atoms with Gasteiger partial charge in [0, 0.05) is 38.0 Å². The molecule has 0 aliphatic heterocycles. The number of rotatable bonds is 8. The maximum Gasteiger partial charge on any atom is 0.222 e. The first-order valence-corrected chi connectivity index (χ1v) is 7.70. The highest BCUT2D eigenvalue weighted by molar-refractivity contribution is 5.97. The Balaban J connectivity index is 0.00000529. The van der Waals surface area contributed by atoms with Crippen molar-refractivity contribution in [1.82, 2.24) is 4.90 Å². The zero-order valence-corrected chi connectivity index (χ0v) is 15.0. The number of hydrogen-bond donors (Lipinski definition) is 1. The number of carbonyl (C=O) groups excluding carboxylic acids is 2. The molecule has 0 spiro atoms. The second-order valence-corrected chi connectivity index (χ2v) is 6.06. The van der Waals surface area contributed by atoms with E-state index in [4.69, 9.17) is 5.73 Å². The number of Topliss-reactive ketones (excluding diaryl/α,β-unsaturated/α-hetero) is 1. The van der Waals surface area contributed by atoms with Crippen LogP contribution in [0.4, 0.5) is 8.78 Å². The molecule has 0 aromatic heterocycles. The lowest BCUT2D eigenvalue weighted by molar-refractivity contribution is -0.129. The highest BCUT2D eigenvalue weighted by Gasteiger charge is 2.15. The summed E-state index contributed by atoms with van der Waals surface area (Å²) in [6, 6.07) is 3.00. The maximum atomic E-state index is 13.1. The molecule has 0 aliphatic rings. The van der Waals surface area contributed by atoms with Crippen LogP contribution in [0.15, 0.2) is 18.2 Å². The molecular weight excluding hydrogens is 338 g/mol. The lowest BCUT2D eigenvalue weighted by Crippen LogP contribution is -2.34. The predicted molar refractivity (Wildman–Crippen MR) is 92.2 cm³/mol. The molecule has 4 nitrogen and oxygen atoms in total. The monoisotopic (exact) mass is 362 g/mol. The number of ketones is 1. The molecule has 1 amide bonds. The van der Waals surface area contributed by atoms with Gasteiger partial charge in [0.05, 0.1) is 0 Å². The normalized spacial score (nSPS) is 11.8. The van der Waals surface area contributed by atoms with E-state index < -0.39 is 11.6 Å². The lowest BCUT2D eigenvalue weighted by Gasteiger charge is -2.21. The van der Waals surface area contributed by atoms with Gasteiger partial charge in [-0.2, -0.15) is 0 Å². The van der Waals surface area contributed by atoms with Gasteiger partial charge in [-0.25, -0.2) is 8.78 Å². The fourth-order valence-electron chi connectivity index (χ4n) is 2.03. The summed E-state index contributed by atoms with van der Waals surface area (Å²) in [4.78, 5) is 25.4. The van der Waals surface area contributed by atoms with Gasteiger partial charge in [0.25, 0.3) is 0 Å². The van der Waals surface area contributed by atoms with Gasteiger partial charge >= 0.3 is 0 Å². The average molecular weight is 363 g/mol. The summed E-state index contributed by atoms with van der Waals surface area (Å²) in [5.41, 5.74) is 6.00. The minimum Gasteiger partial charge on any atom is -0.346 e. The van der Waals surface area contributed by atoms with Crippen LogP contribution in [0.3, 0.4) is 0 Å². The van der Waals surface area contributed by atoms with Gasteiger partial charge < -0.3 is 10.6 Å². The number of benzene rings is 1. The van der Waals surface area contributed by atoms with E-state index in [0.29, 0.717) is 18.9 Å². The Kier molecular flexibility index (Phi) is 9.70. The maximum absolute atomic E-state index is 13.1. The van der Waals surface area contributed by atoms with Crippen molar-refractivity contribution in [1.29, 1.82) is 0 Å². The van der Waals surface area contributed by atoms with Crippen LogP contribution >= 0.6 is 12.4 Å². The number of nitrogens with two attached hydrogens (primary N) is 1. The molecule has 0 aliphatic carbocycles. The van der Waals surface area contributed by atoms with Gasteiger partial charge in [0.2, 0.25) is 5.91 Å². The molecule has 0 saturated heterocycles. The molecule has 1 atom stereocenters. The zero-order chi connectivity index (χ0) is 17.6. The van der Waals surface area contributed by atoms with Crippen molar-refractivity contribution in [2.75, 3.05) is 13.6 Å². The second kappa shape index (κ2) is 10.4. The molecule has 1 rings (SSSR count). The fourth-order valence-corrected chi connectivity index (χ4v) is 2.03. The van der Waals surface area contributed by atoms with Gasteiger partial charge in [-0.05, 0) is 30.5 Å². The van der Waals surface area contributed by atoms with Crippen LogP contribution in [-0.2, 0) is 4.79 Å². The van der Waals surface area contributed by atoms with E-state index in [1.165, 1.54) is 6.07 Å². The Hall–Kier alpha value is -1.53. The van der Waals surface area contributed by atoms with Gasteiger partial charge in [-0.15, -0.1) is 12.4 Å². The predicted octanol–water partition coefficient (Wildman–Crippen LogP) is 3.18. The first kappa shape index (κ1) is 22.5. The van der Waals surface area contributed by atoms with Crippen molar-refractivity contribution >= 4 is 24.1 Å². The summed E-state index contributed by atoms with van der Waals surface area (Å²) in [6.45, 7) is 4.57. The minimum atomic E-state index is -1.07. The Morgan fingerprint density at radius 2 is 1.79 bits per heavy atom. The molecular formula is C17H25ClF2N2O2. The summed E-state index contributed by atoms with van der Waals surface area (Å²) < 4.78 is 25.9. The summed E-state index contributed by atoms with van der Waals surface area (Å²) in [5.74, 6) is -2.28. The summed E-state index contributed by atoms with van der Waals surface area (Å²) in [6.07, 6.45) is 0.687. The van der Waals surface area contributed by atoms with Crippen molar-refractivity contribution in [2.24, 2.45) is 11.7 Å². The van der Waals surface area contributed by atoms with Crippen LogP contribution in [0.1, 0.15) is 43.5 Å². The molecule has 136 valence electrons. The molecule has 2 N–H and O–H groups in total. The Morgan fingerprint density at radius 1 is 1.17 bits per heavy atom. The smallest absolute Gasteiger partial charge is 0.222 e. The summed E-state index contributed by atoms with van der Waals surface area (Å²) in [7, 11) is 1.66. The van der Waals surface area contributed by atoms with Gasteiger partial charge in [0.1, 0.15) is 0 Å². The highest BCUT2D eigenvalue weighted by atomic mass is 35.5. The van der Waals surface area contributed by atoms with Crippen LogP contribution in [0.25, 0.3) is 0 Å². The van der Waals surface area contributed by atoms with Crippen LogP contribution in [-0.4, -0.2) is 36.2 Å². The number of amides is 1. The SMILES string of the molecule is CC(C)C(N)CCN(C)C(=O)CCC(=O)c1ccc(F)c(F)c1.Cl. The number of halogens is 3. The molecule has 1 unspecified atom stereocenters. The zero-order valence-electron chi connectivity index (χ0n) is 14.2. The van der Waals surface area contributed by atoms with Gasteiger partial charge in [-0.1, -0.05) is 13.8 Å². The third-order valence-electron chi connectivity index (χ3n) is 3.89. The number of carbonyl (C=O) groups is 2. The van der Waals surface area contributed by atoms with Crippen LogP contribution in [0.2, 0.25) is 0 Å². The van der Waals surface area contributed by atoms with Gasteiger partial charge in [0.15, 0.2) is 17.4 Å². The standard InChI is InChI=1S/C17H24F2N2O2.ClH/c1-11(2)15(20)8-9-21(3)17(23)7-6-16(22)12-4-5-13(18)14(19)10-12;/h4-5,10-11,15H,6-9,20H2,1-3H3;1H. The van der Waals surface area contributed by atoms with E-state index >= 15 is 0 Å². The highest BCUT2D eigenvalue weighted by Crippen LogP contribution is 2.12. The number of hydrogen-bond acceptors (Lipinski definition) is 3. The van der Waals surface area contributed by atoms with Crippen LogP contribution in [0.5, 0.6) is 0 Å². The third-order valence-corrected chi connectivity index (χ3v) is 3.89. The van der Waals surface area contributed by atoms with Gasteiger partial charge in [-0.3, -0.25) is 9.59 Å². The third kappa shape index (κ3) is 6.93. The van der Waals surface area contributed by atoms with Crippen LogP contribution < -0.4 is 5.73 Å². The van der Waals surface area contributed by atoms with E-state index in [0.717, 1.165) is 12.1 Å². The van der Waals surface area contributed by atoms with Crippen molar-refractivity contribution < 1.29 is 18.4 Å². The molecule has 0 heterocycles. The lowest BCUT2D eigenvalue weighted by atomic mass is 10.0. The molecule has 1 aromatic carbocycles. The summed E-state index contributed by atoms with van der Waals surface area (Å²) >= 11 is 0. The fraction of sp³-hybridized carbons (Fsp3) is 0.529. The molecule has 7 heteroatoms. The second-order valence-electron chi connectivity index (χ2n) is 6.06. The largest absolute Gasteiger partial charge is 0.346 e. The number of nitrogens with zero attached hydrogens (tertiary/aromatic N) is 1. The van der Waals surface area contributed by atoms with Crippen molar-refractivity contribution in [3.63, 3.8) is 0 Å². The first-order valence-electron chi connectivity index (χ1n) is 7.70. The Labute approximate surface area is 147 Å². The Morgan fingerprint density at radius 3 is 2.33 bits per heavy atom. The summed E-state index contributed by atoms with van der Waals surface area (Å²) in [5, 5.41) is 0. The van der Waals surface area contributed by atoms with E-state index in [-0.39, 0.29) is 48.5 Å². The van der Waals surface area contributed by atoms with E-state index in [1.54, 1.807) is 11.9 Å². The topological polar surface area (TPSA) is 63.4 Å². The van der Waals surface area contributed by atoms with E-state index in [1.807, 2.05) is 13.8 Å². The quantitative estimate of drug-likeness (QED) is 0.722. The van der Waals surface area contributed by atoms with Crippen molar-refractivity contribution in [3.8, 4) is 0 Å². The minimum absolute atomic E-state index is 0. The molecule has 0 saturated carbocycles. The van der Waals surface area contributed by atoms with E-state index in [9.17, 15) is 18.4 Å². The molecule has 0 bridgehead atoms. The van der Waals surface area contributed by atoms with Crippen molar-refractivity contribution in [3.05, 3.63) is 35.4 Å². The molecule has 24 heavy (non-hydrogen) atoms. The molecule has 1 aromatic rings. The Bertz CT molecular complexity index is 568. The van der Waals surface area contributed by atoms with Crippen LogP contribution in [0, 0.1) is 17.6 Å². The van der Waals surface area contributed by atoms with E-state index in [2.05, 4.69) is 0 Å². The molecule has 0 fully saturated rings.